The topological polar surface area (TPSA) is 125 Å². The molecule has 36 heavy (non-hydrogen) atoms. The molecule has 2 aromatic rings. The monoisotopic (exact) mass is 531 g/mol. The standard InChI is InChI=1S/C16H25N5O.2C2HF3O2/c1-12-15(13(2)22-18-12)11-20-6-5-16-17-9-14(10-19(3)4)21(16)8-7-20;2*3-2(4,5)1(6)7/h9H,5-8,10-11H2,1-4H3;2*(H,6,7). The minimum Gasteiger partial charge on any atom is -0.475 e. The van der Waals surface area contributed by atoms with E-state index < -0.39 is 24.3 Å². The maximum absolute atomic E-state index is 10.6. The van der Waals surface area contributed by atoms with E-state index >= 15 is 0 Å². The van der Waals surface area contributed by atoms with E-state index in [-0.39, 0.29) is 0 Å². The molecule has 1 aliphatic rings. The zero-order valence-corrected chi connectivity index (χ0v) is 19.9. The van der Waals surface area contributed by atoms with E-state index in [4.69, 9.17) is 24.3 Å². The Hall–Kier alpha value is -3.14. The summed E-state index contributed by atoms with van der Waals surface area (Å²) in [6.07, 6.45) is -7.14. The maximum atomic E-state index is 10.6. The number of nitrogens with zero attached hydrogens (tertiary/aromatic N) is 5. The lowest BCUT2D eigenvalue weighted by Gasteiger charge is -2.19. The fraction of sp³-hybridized carbons (Fsp3) is 0.600. The second-order valence-electron chi connectivity index (χ2n) is 7.99. The van der Waals surface area contributed by atoms with Crippen LogP contribution in [-0.4, -0.2) is 86.2 Å². The number of carbonyl (C=O) groups is 2. The lowest BCUT2D eigenvalue weighted by molar-refractivity contribution is -0.193. The third-order valence-corrected chi connectivity index (χ3v) is 4.84. The fourth-order valence-electron chi connectivity index (χ4n) is 3.10. The van der Waals surface area contributed by atoms with Gasteiger partial charge in [-0.05, 0) is 27.9 Å². The van der Waals surface area contributed by atoms with Gasteiger partial charge in [0.25, 0.3) is 0 Å². The Balaban J connectivity index is 0.000000383. The molecular weight excluding hydrogens is 504 g/mol. The summed E-state index contributed by atoms with van der Waals surface area (Å²) in [5.74, 6) is -3.37. The van der Waals surface area contributed by atoms with Gasteiger partial charge in [0.1, 0.15) is 11.6 Å². The molecule has 0 radical (unpaired) electrons. The van der Waals surface area contributed by atoms with E-state index in [0.717, 1.165) is 50.6 Å². The summed E-state index contributed by atoms with van der Waals surface area (Å²) in [5.41, 5.74) is 3.54. The van der Waals surface area contributed by atoms with Crippen molar-refractivity contribution in [3.05, 3.63) is 34.7 Å². The van der Waals surface area contributed by atoms with Crippen LogP contribution in [0.15, 0.2) is 10.7 Å². The molecule has 0 saturated carbocycles. The molecule has 0 aromatic carbocycles. The molecule has 10 nitrogen and oxygen atoms in total. The summed E-state index contributed by atoms with van der Waals surface area (Å²) in [5, 5.41) is 18.3. The van der Waals surface area contributed by atoms with Crippen molar-refractivity contribution < 1.29 is 50.7 Å². The second-order valence-corrected chi connectivity index (χ2v) is 7.99. The number of carboxylic acid groups (broad SMARTS) is 2. The van der Waals surface area contributed by atoms with Crippen molar-refractivity contribution in [2.24, 2.45) is 0 Å². The van der Waals surface area contributed by atoms with Crippen LogP contribution >= 0.6 is 0 Å². The highest BCUT2D eigenvalue weighted by molar-refractivity contribution is 5.73. The zero-order valence-electron chi connectivity index (χ0n) is 19.9. The van der Waals surface area contributed by atoms with Crippen LogP contribution in [0.2, 0.25) is 0 Å². The van der Waals surface area contributed by atoms with Crippen LogP contribution in [0.3, 0.4) is 0 Å². The highest BCUT2D eigenvalue weighted by Crippen LogP contribution is 2.18. The van der Waals surface area contributed by atoms with E-state index in [1.807, 2.05) is 20.0 Å². The maximum Gasteiger partial charge on any atom is 0.490 e. The zero-order chi connectivity index (χ0) is 27.8. The number of aromatic nitrogens is 3. The number of carboxylic acids is 2. The Bertz CT molecular complexity index is 972. The second kappa shape index (κ2) is 12.7. The number of aryl methyl sites for hydroxylation is 2. The van der Waals surface area contributed by atoms with E-state index in [1.54, 1.807) is 0 Å². The molecule has 2 N–H and O–H groups in total. The van der Waals surface area contributed by atoms with Gasteiger partial charge in [0, 0.05) is 50.9 Å². The minimum absolute atomic E-state index is 0.912. The van der Waals surface area contributed by atoms with Crippen LogP contribution in [0.1, 0.15) is 28.5 Å². The number of halogens is 6. The summed E-state index contributed by atoms with van der Waals surface area (Å²) in [6, 6.07) is 0. The minimum atomic E-state index is -5.08. The molecule has 0 aliphatic carbocycles. The van der Waals surface area contributed by atoms with Gasteiger partial charge in [0.2, 0.25) is 0 Å². The lowest BCUT2D eigenvalue weighted by Crippen LogP contribution is -2.27. The summed E-state index contributed by atoms with van der Waals surface area (Å²) in [4.78, 5) is 27.1. The largest absolute Gasteiger partial charge is 0.490 e. The Morgan fingerprint density at radius 2 is 1.56 bits per heavy atom. The van der Waals surface area contributed by atoms with Crippen LogP contribution < -0.4 is 0 Å². The van der Waals surface area contributed by atoms with Crippen molar-refractivity contribution in [2.45, 2.75) is 52.3 Å². The third-order valence-electron chi connectivity index (χ3n) is 4.84. The smallest absolute Gasteiger partial charge is 0.475 e. The molecule has 0 saturated heterocycles. The molecule has 0 spiro atoms. The average molecular weight is 531 g/mol. The Labute approximate surface area is 202 Å². The SMILES string of the molecule is Cc1noc(C)c1CN1CCc2ncc(CN(C)C)n2CC1.O=C(O)C(F)(F)F.O=C(O)C(F)(F)F. The van der Waals surface area contributed by atoms with Crippen molar-refractivity contribution in [3.8, 4) is 0 Å². The predicted molar refractivity (Wildman–Crippen MR) is 112 cm³/mol. The predicted octanol–water partition coefficient (Wildman–Crippen LogP) is 2.87. The molecule has 2 aromatic heterocycles. The van der Waals surface area contributed by atoms with E-state index in [0.29, 0.717) is 0 Å². The molecular formula is C20H27F6N5O5. The Morgan fingerprint density at radius 3 is 1.97 bits per heavy atom. The molecule has 0 unspecified atom stereocenters. The van der Waals surface area contributed by atoms with Gasteiger partial charge in [-0.3, -0.25) is 4.90 Å². The molecule has 0 atom stereocenters. The van der Waals surface area contributed by atoms with Crippen LogP contribution in [0.4, 0.5) is 26.3 Å². The van der Waals surface area contributed by atoms with Gasteiger partial charge in [-0.1, -0.05) is 5.16 Å². The van der Waals surface area contributed by atoms with Gasteiger partial charge in [0.15, 0.2) is 0 Å². The molecule has 16 heteroatoms. The molecule has 0 fully saturated rings. The number of alkyl halides is 6. The average Bonchev–Trinajstić information content (AvgIpc) is 3.17. The summed E-state index contributed by atoms with van der Waals surface area (Å²) >= 11 is 0. The van der Waals surface area contributed by atoms with Crippen LogP contribution in [0, 0.1) is 13.8 Å². The van der Waals surface area contributed by atoms with E-state index in [9.17, 15) is 26.3 Å². The quantitative estimate of drug-likeness (QED) is 0.573. The number of hydrogen-bond acceptors (Lipinski definition) is 7. The first-order valence-electron chi connectivity index (χ1n) is 10.4. The lowest BCUT2D eigenvalue weighted by atomic mass is 10.2. The molecule has 0 bridgehead atoms. The number of fused-ring (bicyclic) bond motifs is 1. The molecule has 0 amide bonds. The van der Waals surface area contributed by atoms with Gasteiger partial charge >= 0.3 is 24.3 Å². The van der Waals surface area contributed by atoms with E-state index in [2.05, 4.69) is 38.6 Å². The van der Waals surface area contributed by atoms with Gasteiger partial charge in [-0.2, -0.15) is 26.3 Å². The first-order chi connectivity index (χ1) is 16.4. The first kappa shape index (κ1) is 30.9. The van der Waals surface area contributed by atoms with Crippen molar-refractivity contribution >= 4 is 11.9 Å². The number of hydrogen-bond donors (Lipinski definition) is 2. The van der Waals surface area contributed by atoms with Gasteiger partial charge in [-0.15, -0.1) is 0 Å². The third kappa shape index (κ3) is 9.85. The number of rotatable bonds is 4. The van der Waals surface area contributed by atoms with Crippen molar-refractivity contribution in [1.29, 1.82) is 0 Å². The van der Waals surface area contributed by atoms with Gasteiger partial charge in [-0.25, -0.2) is 14.6 Å². The Morgan fingerprint density at radius 1 is 1.03 bits per heavy atom. The summed E-state index contributed by atoms with van der Waals surface area (Å²) in [6.45, 7) is 8.93. The van der Waals surface area contributed by atoms with Crippen LogP contribution in [-0.2, 0) is 35.6 Å². The van der Waals surface area contributed by atoms with Crippen molar-refractivity contribution in [2.75, 3.05) is 27.2 Å². The van der Waals surface area contributed by atoms with E-state index in [1.165, 1.54) is 17.1 Å². The molecule has 3 rings (SSSR count). The summed E-state index contributed by atoms with van der Waals surface area (Å²) in [7, 11) is 4.20. The highest BCUT2D eigenvalue weighted by atomic mass is 19.4. The number of imidazole rings is 1. The molecule has 1 aliphatic heterocycles. The number of aliphatic carboxylic acids is 2. The summed E-state index contributed by atoms with van der Waals surface area (Å²) < 4.78 is 71.1. The normalized spacial score (nSPS) is 14.2. The molecule has 204 valence electrons. The van der Waals surface area contributed by atoms with Crippen LogP contribution in [0.5, 0.6) is 0 Å². The molecule has 3 heterocycles. The first-order valence-corrected chi connectivity index (χ1v) is 10.4. The fourth-order valence-corrected chi connectivity index (χ4v) is 3.10. The Kier molecular flexibility index (Phi) is 10.9. The highest BCUT2D eigenvalue weighted by Gasteiger charge is 2.38. The van der Waals surface area contributed by atoms with Crippen molar-refractivity contribution in [1.82, 2.24) is 24.5 Å². The van der Waals surface area contributed by atoms with Crippen molar-refractivity contribution in [3.63, 3.8) is 0 Å². The van der Waals surface area contributed by atoms with Gasteiger partial charge < -0.3 is 24.2 Å². The van der Waals surface area contributed by atoms with Gasteiger partial charge in [0.05, 0.1) is 11.4 Å². The van der Waals surface area contributed by atoms with Crippen LogP contribution in [0.25, 0.3) is 0 Å².